The molecule has 0 atom stereocenters. The van der Waals surface area contributed by atoms with Crippen LogP contribution in [-0.4, -0.2) is 24.2 Å². The number of nitrogens with zero attached hydrogens (tertiary/aromatic N) is 1. The summed E-state index contributed by atoms with van der Waals surface area (Å²) in [6.45, 7) is 0. The van der Waals surface area contributed by atoms with Crippen molar-refractivity contribution in [1.29, 1.82) is 0 Å². The van der Waals surface area contributed by atoms with Crippen LogP contribution in [0, 0.1) is 5.82 Å². The zero-order chi connectivity index (χ0) is 14.9. The van der Waals surface area contributed by atoms with Crippen LogP contribution in [0.4, 0.5) is 4.39 Å². The number of aromatic carboxylic acids is 1. The van der Waals surface area contributed by atoms with Gasteiger partial charge in [0.1, 0.15) is 4.90 Å². The maximum absolute atomic E-state index is 14.0. The Kier molecular flexibility index (Phi) is 3.69. The van der Waals surface area contributed by atoms with Crippen molar-refractivity contribution in [2.75, 3.05) is 4.83 Å². The summed E-state index contributed by atoms with van der Waals surface area (Å²) in [5, 5.41) is 8.62. The van der Waals surface area contributed by atoms with Crippen LogP contribution in [0.2, 0.25) is 5.02 Å². The molecule has 0 radical (unpaired) electrons. The van der Waals surface area contributed by atoms with Gasteiger partial charge in [-0.25, -0.2) is 14.0 Å². The quantitative estimate of drug-likeness (QED) is 0.901. The lowest BCUT2D eigenvalue weighted by atomic mass is 10.2. The number of carboxylic acid groups (broad SMARTS) is 1. The van der Waals surface area contributed by atoms with Crippen LogP contribution in [-0.2, 0) is 10.0 Å². The summed E-state index contributed by atoms with van der Waals surface area (Å²) >= 11 is 5.62. The Bertz CT molecular complexity index is 759. The molecule has 0 aliphatic carbocycles. The molecule has 6 nitrogen and oxygen atoms in total. The van der Waals surface area contributed by atoms with Gasteiger partial charge in [-0.15, -0.1) is 0 Å². The van der Waals surface area contributed by atoms with E-state index < -0.39 is 32.3 Å². The van der Waals surface area contributed by atoms with Crippen LogP contribution in [0.3, 0.4) is 0 Å². The highest BCUT2D eigenvalue weighted by Gasteiger charge is 2.25. The van der Waals surface area contributed by atoms with Crippen molar-refractivity contribution >= 4 is 27.6 Å². The van der Waals surface area contributed by atoms with Crippen molar-refractivity contribution in [2.24, 2.45) is 0 Å². The van der Waals surface area contributed by atoms with Crippen molar-refractivity contribution in [1.82, 2.24) is 4.68 Å². The second-order valence-electron chi connectivity index (χ2n) is 3.76. The first-order chi connectivity index (χ1) is 9.31. The summed E-state index contributed by atoms with van der Waals surface area (Å²) in [5.41, 5.74) is -0.814. The number of nitrogens with one attached hydrogen (secondary N) is 1. The molecule has 0 bridgehead atoms. The molecule has 20 heavy (non-hydrogen) atoms. The van der Waals surface area contributed by atoms with Gasteiger partial charge in [0, 0.05) is 17.4 Å². The summed E-state index contributed by atoms with van der Waals surface area (Å²) in [6.07, 6.45) is 2.77. The Morgan fingerprint density at radius 3 is 2.45 bits per heavy atom. The van der Waals surface area contributed by atoms with Crippen LogP contribution in [0.15, 0.2) is 41.6 Å². The van der Waals surface area contributed by atoms with Crippen molar-refractivity contribution < 1.29 is 22.7 Å². The highest BCUT2D eigenvalue weighted by Crippen LogP contribution is 2.24. The van der Waals surface area contributed by atoms with E-state index in [1.807, 2.05) is 4.83 Å². The van der Waals surface area contributed by atoms with Crippen LogP contribution < -0.4 is 4.83 Å². The molecule has 1 aromatic heterocycles. The number of hydrogen-bond donors (Lipinski definition) is 2. The maximum Gasteiger partial charge on any atom is 0.338 e. The normalized spacial score (nSPS) is 11.3. The third kappa shape index (κ3) is 2.75. The lowest BCUT2D eigenvalue weighted by molar-refractivity contribution is 0.0691. The van der Waals surface area contributed by atoms with Gasteiger partial charge in [-0.1, -0.05) is 11.6 Å². The second-order valence-corrected chi connectivity index (χ2v) is 5.82. The third-order valence-electron chi connectivity index (χ3n) is 2.35. The number of benzene rings is 1. The van der Waals surface area contributed by atoms with Gasteiger partial charge < -0.3 is 5.11 Å². The van der Waals surface area contributed by atoms with E-state index >= 15 is 0 Å². The predicted molar refractivity (Wildman–Crippen MR) is 69.3 cm³/mol. The van der Waals surface area contributed by atoms with E-state index in [1.165, 1.54) is 12.4 Å². The van der Waals surface area contributed by atoms with Crippen molar-refractivity contribution in [3.05, 3.63) is 53.1 Å². The molecule has 0 aliphatic rings. The zero-order valence-electron chi connectivity index (χ0n) is 9.75. The van der Waals surface area contributed by atoms with Gasteiger partial charge in [-0.05, 0) is 24.3 Å². The molecular weight excluding hydrogens is 311 g/mol. The molecule has 2 N–H and O–H groups in total. The number of carboxylic acids is 1. The Labute approximate surface area is 118 Å². The van der Waals surface area contributed by atoms with Crippen molar-refractivity contribution in [2.45, 2.75) is 4.90 Å². The molecule has 9 heteroatoms. The average Bonchev–Trinajstić information content (AvgIpc) is 2.83. The van der Waals surface area contributed by atoms with Crippen molar-refractivity contribution in [3.63, 3.8) is 0 Å². The summed E-state index contributed by atoms with van der Waals surface area (Å²) in [7, 11) is -4.30. The third-order valence-corrected chi connectivity index (χ3v) is 3.90. The number of hydrogen-bond acceptors (Lipinski definition) is 3. The molecule has 0 amide bonds. The fourth-order valence-electron chi connectivity index (χ4n) is 1.50. The lowest BCUT2D eigenvalue weighted by Gasteiger charge is -2.11. The molecule has 1 heterocycles. The van der Waals surface area contributed by atoms with Crippen LogP contribution in [0.5, 0.6) is 0 Å². The standard InChI is InChI=1S/C11H8ClFN2O4S/c12-7-5-8(11(16)17)10(13)9(6-7)20(18,19)14-15-3-1-2-4-15/h1-6,14H,(H,16,17). The van der Waals surface area contributed by atoms with Gasteiger partial charge in [0.05, 0.1) is 5.56 Å². The van der Waals surface area contributed by atoms with E-state index in [2.05, 4.69) is 0 Å². The Hall–Kier alpha value is -2.06. The summed E-state index contributed by atoms with van der Waals surface area (Å²) < 4.78 is 39.1. The van der Waals surface area contributed by atoms with E-state index in [1.54, 1.807) is 12.1 Å². The van der Waals surface area contributed by atoms with Gasteiger partial charge in [-0.3, -0.25) is 4.68 Å². The molecule has 0 fully saturated rings. The van der Waals surface area contributed by atoms with E-state index in [9.17, 15) is 17.6 Å². The summed E-state index contributed by atoms with van der Waals surface area (Å²) in [5.74, 6) is -2.98. The number of rotatable bonds is 4. The van der Waals surface area contributed by atoms with Crippen molar-refractivity contribution in [3.8, 4) is 0 Å². The smallest absolute Gasteiger partial charge is 0.338 e. The number of aromatic nitrogens is 1. The number of carbonyl (C=O) groups is 1. The van der Waals surface area contributed by atoms with Crippen LogP contribution in [0.25, 0.3) is 0 Å². The number of sulfonamides is 1. The van der Waals surface area contributed by atoms with Crippen LogP contribution in [0.1, 0.15) is 10.4 Å². The Morgan fingerprint density at radius 2 is 1.90 bits per heavy atom. The fourth-order valence-corrected chi connectivity index (χ4v) is 2.91. The first-order valence-electron chi connectivity index (χ1n) is 5.19. The van der Waals surface area contributed by atoms with Gasteiger partial charge in [-0.2, -0.15) is 8.42 Å². The predicted octanol–water partition coefficient (Wildman–Crippen LogP) is 1.91. The molecule has 106 valence electrons. The molecule has 1 aromatic carbocycles. The monoisotopic (exact) mass is 318 g/mol. The SMILES string of the molecule is O=C(O)c1cc(Cl)cc(S(=O)(=O)Nn2cccc2)c1F. The van der Waals surface area contributed by atoms with E-state index in [4.69, 9.17) is 16.7 Å². The Morgan fingerprint density at radius 1 is 1.30 bits per heavy atom. The zero-order valence-corrected chi connectivity index (χ0v) is 11.3. The summed E-state index contributed by atoms with van der Waals surface area (Å²) in [6, 6.07) is 4.79. The minimum atomic E-state index is -4.30. The fraction of sp³-hybridized carbons (Fsp3) is 0. The Balaban J connectivity index is 2.54. The molecular formula is C11H8ClFN2O4S. The molecule has 0 saturated carbocycles. The first kappa shape index (κ1) is 14.4. The maximum atomic E-state index is 14.0. The van der Waals surface area contributed by atoms with E-state index in [0.717, 1.165) is 16.8 Å². The minimum Gasteiger partial charge on any atom is -0.478 e. The van der Waals surface area contributed by atoms with Crippen LogP contribution >= 0.6 is 11.6 Å². The molecule has 2 aromatic rings. The first-order valence-corrected chi connectivity index (χ1v) is 7.05. The molecule has 0 aliphatic heterocycles. The van der Waals surface area contributed by atoms with E-state index in [0.29, 0.717) is 0 Å². The number of halogens is 2. The van der Waals surface area contributed by atoms with Gasteiger partial charge >= 0.3 is 5.97 Å². The molecule has 0 spiro atoms. The summed E-state index contributed by atoms with van der Waals surface area (Å²) in [4.78, 5) is 12.1. The van der Waals surface area contributed by atoms with Gasteiger partial charge in [0.2, 0.25) is 0 Å². The molecule has 0 unspecified atom stereocenters. The van der Waals surface area contributed by atoms with Gasteiger partial charge in [0.15, 0.2) is 5.82 Å². The highest BCUT2D eigenvalue weighted by atomic mass is 35.5. The lowest BCUT2D eigenvalue weighted by Crippen LogP contribution is -2.23. The van der Waals surface area contributed by atoms with E-state index in [-0.39, 0.29) is 5.02 Å². The largest absolute Gasteiger partial charge is 0.478 e. The molecule has 0 saturated heterocycles. The highest BCUT2D eigenvalue weighted by molar-refractivity contribution is 7.92. The molecule has 2 rings (SSSR count). The topological polar surface area (TPSA) is 88.4 Å². The second kappa shape index (κ2) is 5.14. The average molecular weight is 319 g/mol. The van der Waals surface area contributed by atoms with Gasteiger partial charge in [0.25, 0.3) is 10.0 Å². The minimum absolute atomic E-state index is 0.198.